The standard InChI is InChI=1S/C32H34N2S4/c1-4-33-27-16-23(20-35)8-12-29(27)37-31(33)17-21-6-9-24-10-7-22(15-25(24)14-21)18-32-34(5-2)28-19-26(36-3)11-13-30(28)38-32/h8,11-19,24H,4-7,9-10,20H2,1-3H3/p+1. The molecule has 0 spiro atoms. The van der Waals surface area contributed by atoms with E-state index in [4.69, 9.17) is 0 Å². The molecule has 2 nitrogen and oxygen atoms in total. The molecule has 3 aromatic rings. The number of hydrogen-bond donors (Lipinski definition) is 1. The summed E-state index contributed by atoms with van der Waals surface area (Å²) in [5.74, 6) is 1.48. The van der Waals surface area contributed by atoms with Crippen LogP contribution in [0, 0.1) is 5.92 Å². The van der Waals surface area contributed by atoms with Gasteiger partial charge < -0.3 is 4.90 Å². The van der Waals surface area contributed by atoms with Gasteiger partial charge in [-0.1, -0.05) is 41.3 Å². The number of thiazole rings is 1. The van der Waals surface area contributed by atoms with Crippen LogP contribution in [0.25, 0.3) is 16.3 Å². The van der Waals surface area contributed by atoms with Gasteiger partial charge in [0, 0.05) is 34.2 Å². The molecular formula is C32H35N2S4+. The molecule has 0 N–H and O–H groups in total. The van der Waals surface area contributed by atoms with Crippen LogP contribution >= 0.6 is 47.5 Å². The normalized spacial score (nSPS) is 21.2. The van der Waals surface area contributed by atoms with Crippen molar-refractivity contribution in [1.29, 1.82) is 0 Å². The zero-order valence-corrected chi connectivity index (χ0v) is 25.7. The molecule has 2 heterocycles. The molecule has 0 bridgehead atoms. The molecule has 0 saturated heterocycles. The van der Waals surface area contributed by atoms with Crippen LogP contribution in [0.15, 0.2) is 86.2 Å². The summed E-state index contributed by atoms with van der Waals surface area (Å²) in [7, 11) is 0. The number of hydrogen-bond acceptors (Lipinski definition) is 5. The Hall–Kier alpha value is -1.86. The highest BCUT2D eigenvalue weighted by atomic mass is 32.2. The van der Waals surface area contributed by atoms with E-state index in [2.05, 4.69) is 103 Å². The number of thiol groups is 1. The summed E-state index contributed by atoms with van der Waals surface area (Å²) in [4.78, 5) is 5.19. The zero-order valence-electron chi connectivity index (χ0n) is 22.4. The van der Waals surface area contributed by atoms with Gasteiger partial charge in [-0.3, -0.25) is 0 Å². The summed E-state index contributed by atoms with van der Waals surface area (Å²) in [5, 5.41) is 2.72. The molecule has 6 heteroatoms. The number of aryl methyl sites for hydroxylation is 1. The number of anilines is 1. The lowest BCUT2D eigenvalue weighted by atomic mass is 9.77. The van der Waals surface area contributed by atoms with Gasteiger partial charge in [0.1, 0.15) is 11.2 Å². The Kier molecular flexibility index (Phi) is 7.86. The van der Waals surface area contributed by atoms with Crippen LogP contribution in [0.2, 0.25) is 0 Å². The second-order valence-electron chi connectivity index (χ2n) is 10.2. The molecule has 0 saturated carbocycles. The number of allylic oxidation sites excluding steroid dienone is 6. The first-order chi connectivity index (χ1) is 18.6. The van der Waals surface area contributed by atoms with Crippen molar-refractivity contribution in [1.82, 2.24) is 0 Å². The summed E-state index contributed by atoms with van der Waals surface area (Å²) < 4.78 is 3.82. The minimum atomic E-state index is 0.702. The fourth-order valence-corrected chi connectivity index (χ4v) is 8.87. The van der Waals surface area contributed by atoms with Crippen molar-refractivity contribution in [3.8, 4) is 0 Å². The predicted molar refractivity (Wildman–Crippen MR) is 172 cm³/mol. The minimum Gasteiger partial charge on any atom is -0.335 e. The van der Waals surface area contributed by atoms with Gasteiger partial charge in [-0.05, 0) is 104 Å². The van der Waals surface area contributed by atoms with Crippen LogP contribution in [0.3, 0.4) is 0 Å². The van der Waals surface area contributed by atoms with Crippen LogP contribution in [-0.2, 0) is 12.3 Å². The van der Waals surface area contributed by atoms with Crippen LogP contribution in [0.4, 0.5) is 5.69 Å². The van der Waals surface area contributed by atoms with Gasteiger partial charge >= 0.3 is 0 Å². The highest BCUT2D eigenvalue weighted by Gasteiger charge is 2.27. The van der Waals surface area contributed by atoms with Crippen LogP contribution in [-0.4, -0.2) is 12.8 Å². The monoisotopic (exact) mass is 575 g/mol. The van der Waals surface area contributed by atoms with E-state index in [0.29, 0.717) is 5.92 Å². The Balaban J connectivity index is 1.30. The van der Waals surface area contributed by atoms with E-state index in [0.717, 1.165) is 18.8 Å². The van der Waals surface area contributed by atoms with Crippen molar-refractivity contribution in [2.45, 2.75) is 61.6 Å². The molecule has 1 atom stereocenters. The lowest BCUT2D eigenvalue weighted by Crippen LogP contribution is -2.33. The average molecular weight is 576 g/mol. The molecule has 1 unspecified atom stereocenters. The predicted octanol–water partition coefficient (Wildman–Crippen LogP) is 9.27. The number of benzene rings is 2. The SMILES string of the molecule is CCN1/C(=C/C2=CC3=C/C(=C/c4sc5ccc(CS)cc5[n+]4CC)CCC3CC2)Sc2ccc(SC)cc21. The summed E-state index contributed by atoms with van der Waals surface area (Å²) in [6, 6.07) is 13.7. The van der Waals surface area contributed by atoms with Crippen LogP contribution in [0.5, 0.6) is 0 Å². The third-order valence-electron chi connectivity index (χ3n) is 7.90. The van der Waals surface area contributed by atoms with Gasteiger partial charge in [0.05, 0.1) is 10.7 Å². The van der Waals surface area contributed by atoms with Crippen LogP contribution in [0.1, 0.15) is 50.1 Å². The molecule has 1 aromatic heterocycles. The zero-order chi connectivity index (χ0) is 26.2. The molecule has 6 rings (SSSR count). The fourth-order valence-electron chi connectivity index (χ4n) is 5.87. The summed E-state index contributed by atoms with van der Waals surface area (Å²) in [5.41, 5.74) is 8.44. The van der Waals surface area contributed by atoms with Gasteiger partial charge in [-0.15, -0.1) is 11.8 Å². The maximum atomic E-state index is 4.49. The first kappa shape index (κ1) is 26.4. The van der Waals surface area contributed by atoms with E-state index < -0.39 is 0 Å². The number of nitrogens with zero attached hydrogens (tertiary/aromatic N) is 2. The summed E-state index contributed by atoms with van der Waals surface area (Å²) in [6.45, 7) is 6.49. The van der Waals surface area contributed by atoms with Crippen molar-refractivity contribution in [2.24, 2.45) is 5.92 Å². The molecule has 0 fully saturated rings. The van der Waals surface area contributed by atoms with Crippen molar-refractivity contribution in [2.75, 3.05) is 17.7 Å². The highest BCUT2D eigenvalue weighted by Crippen LogP contribution is 2.48. The third kappa shape index (κ3) is 5.05. The van der Waals surface area contributed by atoms with Gasteiger partial charge in [0.2, 0.25) is 5.52 Å². The smallest absolute Gasteiger partial charge is 0.263 e. The maximum absolute atomic E-state index is 4.49. The van der Waals surface area contributed by atoms with E-state index in [1.54, 1.807) is 0 Å². The molecule has 0 radical (unpaired) electrons. The molecule has 2 aliphatic carbocycles. The summed E-state index contributed by atoms with van der Waals surface area (Å²) >= 11 is 10.1. The first-order valence-corrected chi connectivity index (χ1v) is 17.1. The third-order valence-corrected chi connectivity index (χ3v) is 11.2. The molecule has 196 valence electrons. The Morgan fingerprint density at radius 1 is 1.08 bits per heavy atom. The Bertz CT molecular complexity index is 1510. The second kappa shape index (κ2) is 11.3. The van der Waals surface area contributed by atoms with Crippen molar-refractivity contribution in [3.63, 3.8) is 0 Å². The van der Waals surface area contributed by atoms with Crippen LogP contribution < -0.4 is 9.47 Å². The second-order valence-corrected chi connectivity index (χ2v) is 13.5. The van der Waals surface area contributed by atoms with E-state index in [9.17, 15) is 0 Å². The van der Waals surface area contributed by atoms with E-state index >= 15 is 0 Å². The lowest BCUT2D eigenvalue weighted by Gasteiger charge is -2.28. The van der Waals surface area contributed by atoms with Gasteiger partial charge in [-0.2, -0.15) is 17.2 Å². The van der Waals surface area contributed by atoms with Gasteiger partial charge in [0.25, 0.3) is 5.01 Å². The quantitative estimate of drug-likeness (QED) is 0.178. The largest absolute Gasteiger partial charge is 0.335 e. The van der Waals surface area contributed by atoms with E-state index in [1.165, 1.54) is 83.7 Å². The first-order valence-electron chi connectivity index (χ1n) is 13.6. The Morgan fingerprint density at radius 2 is 1.95 bits per heavy atom. The van der Waals surface area contributed by atoms with Crippen molar-refractivity contribution in [3.05, 3.63) is 86.9 Å². The Labute approximate surface area is 245 Å². The number of aromatic nitrogens is 1. The van der Waals surface area contributed by atoms with E-state index in [-0.39, 0.29) is 0 Å². The average Bonchev–Trinajstić information content (AvgIpc) is 3.47. The number of fused-ring (bicyclic) bond motifs is 3. The fraction of sp³-hybridized carbons (Fsp3) is 0.344. The number of thioether (sulfide) groups is 2. The minimum absolute atomic E-state index is 0.702. The van der Waals surface area contributed by atoms with Gasteiger partial charge in [0.15, 0.2) is 0 Å². The topological polar surface area (TPSA) is 7.12 Å². The Morgan fingerprint density at radius 3 is 2.74 bits per heavy atom. The maximum Gasteiger partial charge on any atom is 0.263 e. The molecular weight excluding hydrogens is 541 g/mol. The van der Waals surface area contributed by atoms with Crippen molar-refractivity contribution >= 4 is 69.5 Å². The lowest BCUT2D eigenvalue weighted by molar-refractivity contribution is -0.665. The molecule has 2 aromatic carbocycles. The van der Waals surface area contributed by atoms with Crippen molar-refractivity contribution < 1.29 is 4.57 Å². The van der Waals surface area contributed by atoms with Gasteiger partial charge in [-0.25, -0.2) is 0 Å². The molecule has 38 heavy (non-hydrogen) atoms. The van der Waals surface area contributed by atoms with E-state index in [1.807, 2.05) is 34.9 Å². The molecule has 3 aliphatic rings. The summed E-state index contributed by atoms with van der Waals surface area (Å²) in [6.07, 6.45) is 16.9. The number of rotatable bonds is 6. The molecule has 0 amide bonds. The molecule has 1 aliphatic heterocycles. The highest BCUT2D eigenvalue weighted by molar-refractivity contribution is 8.03.